The fourth-order valence-corrected chi connectivity index (χ4v) is 3.44. The van der Waals surface area contributed by atoms with Crippen LogP contribution in [0.5, 0.6) is 0 Å². The fraction of sp³-hybridized carbons (Fsp3) is 0.556. The van der Waals surface area contributed by atoms with Gasteiger partial charge in [-0.15, -0.1) is 11.3 Å². The van der Waals surface area contributed by atoms with Gasteiger partial charge in [0, 0.05) is 29.0 Å². The van der Waals surface area contributed by atoms with Gasteiger partial charge in [-0.05, 0) is 44.5 Å². The van der Waals surface area contributed by atoms with Crippen molar-refractivity contribution in [3.05, 3.63) is 19.2 Å². The highest BCUT2D eigenvalue weighted by atomic mass is 79.9. The molecule has 0 saturated carbocycles. The van der Waals surface area contributed by atoms with Crippen molar-refractivity contribution in [2.75, 3.05) is 19.6 Å². The van der Waals surface area contributed by atoms with Gasteiger partial charge in [0.1, 0.15) is 0 Å². The van der Waals surface area contributed by atoms with E-state index in [0.29, 0.717) is 0 Å². The van der Waals surface area contributed by atoms with E-state index in [2.05, 4.69) is 49.7 Å². The molecule has 0 saturated heterocycles. The smallest absolute Gasteiger partial charge is 0.0843 e. The van der Waals surface area contributed by atoms with E-state index >= 15 is 0 Å². The number of nitrogens with two attached hydrogens (primary N) is 1. The average molecular weight is 342 g/mol. The summed E-state index contributed by atoms with van der Waals surface area (Å²) in [6.45, 7) is 5.88. The van der Waals surface area contributed by atoms with E-state index in [-0.39, 0.29) is 0 Å². The van der Waals surface area contributed by atoms with Crippen LogP contribution in [-0.4, -0.2) is 24.5 Å². The van der Waals surface area contributed by atoms with Crippen molar-refractivity contribution in [2.45, 2.75) is 13.5 Å². The first-order chi connectivity index (χ1) is 6.67. The lowest BCUT2D eigenvalue weighted by Gasteiger charge is -2.17. The van der Waals surface area contributed by atoms with E-state index in [1.807, 2.05) is 0 Å². The largest absolute Gasteiger partial charge is 0.329 e. The maximum atomic E-state index is 5.54. The van der Waals surface area contributed by atoms with Gasteiger partial charge in [-0.25, -0.2) is 0 Å². The zero-order valence-corrected chi connectivity index (χ0v) is 12.1. The summed E-state index contributed by atoms with van der Waals surface area (Å²) in [7, 11) is 0. The van der Waals surface area contributed by atoms with Gasteiger partial charge in [-0.3, -0.25) is 4.90 Å². The topological polar surface area (TPSA) is 29.3 Å². The van der Waals surface area contributed by atoms with Crippen LogP contribution in [0.3, 0.4) is 0 Å². The lowest BCUT2D eigenvalue weighted by Crippen LogP contribution is -2.28. The van der Waals surface area contributed by atoms with Crippen LogP contribution in [0, 0.1) is 0 Å². The molecule has 14 heavy (non-hydrogen) atoms. The summed E-state index contributed by atoms with van der Waals surface area (Å²) in [4.78, 5) is 3.70. The van der Waals surface area contributed by atoms with E-state index in [4.69, 9.17) is 5.73 Å². The Kier molecular flexibility index (Phi) is 5.62. The molecular weight excluding hydrogens is 328 g/mol. The van der Waals surface area contributed by atoms with Gasteiger partial charge in [-0.1, -0.05) is 6.92 Å². The number of hydrogen-bond donors (Lipinski definition) is 1. The summed E-state index contributed by atoms with van der Waals surface area (Å²) >= 11 is 8.75. The van der Waals surface area contributed by atoms with E-state index in [1.165, 1.54) is 4.88 Å². The monoisotopic (exact) mass is 340 g/mol. The highest BCUT2D eigenvalue weighted by Gasteiger charge is 2.07. The van der Waals surface area contributed by atoms with Gasteiger partial charge in [0.05, 0.1) is 3.79 Å². The van der Waals surface area contributed by atoms with Crippen molar-refractivity contribution in [1.29, 1.82) is 0 Å². The Labute approximate surface area is 106 Å². The standard InChI is InChI=1S/C9H14Br2N2S/c1-2-13(4-3-12)6-7-5-8(10)9(11)14-7/h5H,2-4,6,12H2,1H3. The molecule has 0 fully saturated rings. The van der Waals surface area contributed by atoms with E-state index in [9.17, 15) is 0 Å². The number of rotatable bonds is 5. The average Bonchev–Trinajstić information content (AvgIpc) is 2.45. The highest BCUT2D eigenvalue weighted by molar-refractivity contribution is 9.13. The predicted molar refractivity (Wildman–Crippen MR) is 69.7 cm³/mol. The molecule has 1 heterocycles. The summed E-state index contributed by atoms with van der Waals surface area (Å²) in [6.07, 6.45) is 0. The summed E-state index contributed by atoms with van der Waals surface area (Å²) in [6, 6.07) is 2.16. The van der Waals surface area contributed by atoms with Crippen molar-refractivity contribution in [3.8, 4) is 0 Å². The van der Waals surface area contributed by atoms with Crippen LogP contribution in [0.4, 0.5) is 0 Å². The zero-order chi connectivity index (χ0) is 10.6. The molecule has 0 atom stereocenters. The second kappa shape index (κ2) is 6.23. The molecule has 1 rings (SSSR count). The van der Waals surface area contributed by atoms with Crippen LogP contribution < -0.4 is 5.73 Å². The highest BCUT2D eigenvalue weighted by Crippen LogP contribution is 2.32. The molecule has 80 valence electrons. The molecule has 0 aliphatic rings. The van der Waals surface area contributed by atoms with Gasteiger partial charge in [0.2, 0.25) is 0 Å². The third-order valence-corrected chi connectivity index (χ3v) is 5.21. The van der Waals surface area contributed by atoms with Crippen molar-refractivity contribution in [1.82, 2.24) is 4.90 Å². The molecule has 0 aliphatic carbocycles. The Hall–Kier alpha value is 0.580. The minimum atomic E-state index is 0.724. The first kappa shape index (κ1) is 12.6. The number of halogens is 2. The van der Waals surface area contributed by atoms with Crippen molar-refractivity contribution < 1.29 is 0 Å². The number of thiophene rings is 1. The SMILES string of the molecule is CCN(CCN)Cc1cc(Br)c(Br)s1. The molecule has 2 N–H and O–H groups in total. The molecule has 0 aliphatic heterocycles. The molecule has 0 amide bonds. The summed E-state index contributed by atoms with van der Waals surface area (Å²) < 4.78 is 2.30. The van der Waals surface area contributed by atoms with Gasteiger partial charge in [0.25, 0.3) is 0 Å². The minimum absolute atomic E-state index is 0.724. The van der Waals surface area contributed by atoms with Crippen LogP contribution in [-0.2, 0) is 6.54 Å². The molecular formula is C9H14Br2N2S. The molecule has 1 aromatic heterocycles. The van der Waals surface area contributed by atoms with Crippen molar-refractivity contribution >= 4 is 43.2 Å². The fourth-order valence-electron chi connectivity index (χ4n) is 1.22. The summed E-state index contributed by atoms with van der Waals surface area (Å²) in [5.41, 5.74) is 5.54. The molecule has 0 unspecified atom stereocenters. The third-order valence-electron chi connectivity index (χ3n) is 1.97. The summed E-state index contributed by atoms with van der Waals surface area (Å²) in [5.74, 6) is 0. The molecule has 5 heteroatoms. The maximum Gasteiger partial charge on any atom is 0.0843 e. The molecule has 0 radical (unpaired) electrons. The van der Waals surface area contributed by atoms with E-state index in [1.54, 1.807) is 11.3 Å². The van der Waals surface area contributed by atoms with Gasteiger partial charge in [0.15, 0.2) is 0 Å². The van der Waals surface area contributed by atoms with Crippen LogP contribution in [0.25, 0.3) is 0 Å². The second-order valence-electron chi connectivity index (χ2n) is 2.99. The van der Waals surface area contributed by atoms with Crippen LogP contribution in [0.1, 0.15) is 11.8 Å². The van der Waals surface area contributed by atoms with Gasteiger partial charge < -0.3 is 5.73 Å². The minimum Gasteiger partial charge on any atom is -0.329 e. The Morgan fingerprint density at radius 1 is 1.50 bits per heavy atom. The van der Waals surface area contributed by atoms with Crippen molar-refractivity contribution in [2.24, 2.45) is 5.73 Å². The predicted octanol–water partition coefficient (Wildman–Crippen LogP) is 3.05. The number of nitrogens with zero attached hydrogens (tertiary/aromatic N) is 1. The van der Waals surface area contributed by atoms with Crippen molar-refractivity contribution in [3.63, 3.8) is 0 Å². The second-order valence-corrected chi connectivity index (χ2v) is 6.30. The van der Waals surface area contributed by atoms with E-state index in [0.717, 1.165) is 34.4 Å². The first-order valence-corrected chi connectivity index (χ1v) is 6.93. The maximum absolute atomic E-state index is 5.54. The Bertz CT molecular complexity index is 269. The molecule has 0 aromatic carbocycles. The first-order valence-electron chi connectivity index (χ1n) is 4.53. The van der Waals surface area contributed by atoms with Crippen LogP contribution in [0.15, 0.2) is 14.3 Å². The molecule has 2 nitrogen and oxygen atoms in total. The Balaban J connectivity index is 2.57. The number of likely N-dealkylation sites (N-methyl/N-ethyl adjacent to an activating group) is 1. The van der Waals surface area contributed by atoms with Gasteiger partial charge in [-0.2, -0.15) is 0 Å². The lowest BCUT2D eigenvalue weighted by molar-refractivity contribution is 0.290. The Morgan fingerprint density at radius 2 is 2.21 bits per heavy atom. The zero-order valence-electron chi connectivity index (χ0n) is 8.09. The molecule has 1 aromatic rings. The lowest BCUT2D eigenvalue weighted by atomic mass is 10.4. The van der Waals surface area contributed by atoms with Crippen LogP contribution >= 0.6 is 43.2 Å². The van der Waals surface area contributed by atoms with Gasteiger partial charge >= 0.3 is 0 Å². The summed E-state index contributed by atoms with van der Waals surface area (Å²) in [5, 5.41) is 0. The number of hydrogen-bond acceptors (Lipinski definition) is 3. The molecule has 0 bridgehead atoms. The van der Waals surface area contributed by atoms with E-state index < -0.39 is 0 Å². The normalized spacial score (nSPS) is 11.2. The Morgan fingerprint density at radius 3 is 2.64 bits per heavy atom. The molecule has 0 spiro atoms. The van der Waals surface area contributed by atoms with Crippen LogP contribution in [0.2, 0.25) is 0 Å². The quantitative estimate of drug-likeness (QED) is 0.891. The third kappa shape index (κ3) is 3.62.